The third kappa shape index (κ3) is 14.2. The van der Waals surface area contributed by atoms with Gasteiger partial charge >= 0.3 is 0 Å². The third-order valence-corrected chi connectivity index (χ3v) is 4.04. The Balaban J connectivity index is 0.000000459. The van der Waals surface area contributed by atoms with Crippen molar-refractivity contribution in [2.24, 2.45) is 0 Å². The zero-order chi connectivity index (χ0) is 17.2. The Hall–Kier alpha value is -1.18. The van der Waals surface area contributed by atoms with Crippen molar-refractivity contribution < 1.29 is 9.84 Å². The van der Waals surface area contributed by atoms with Gasteiger partial charge < -0.3 is 9.84 Å². The molecule has 2 heteroatoms. The van der Waals surface area contributed by atoms with Crippen LogP contribution in [0.3, 0.4) is 0 Å². The van der Waals surface area contributed by atoms with E-state index in [0.717, 1.165) is 0 Å². The van der Waals surface area contributed by atoms with Crippen molar-refractivity contribution in [1.29, 1.82) is 0 Å². The van der Waals surface area contributed by atoms with Crippen LogP contribution in [-0.2, 0) is 0 Å². The van der Waals surface area contributed by atoms with Gasteiger partial charge in [-0.1, -0.05) is 103 Å². The number of hydrogen-bond donors (Lipinski definition) is 1. The molecule has 0 aliphatic carbocycles. The molecule has 1 rings (SSSR count). The minimum absolute atomic E-state index is 0.181. The normalized spacial score (nSPS) is 10.0. The number of phenolic OH excluding ortho intramolecular Hbond substituents is 1. The lowest BCUT2D eigenvalue weighted by Gasteiger charge is -2.01. The number of unbranched alkanes of at least 4 members (excludes halogenated alkanes) is 11. The first-order valence-corrected chi connectivity index (χ1v) is 9.58. The number of phenols is 1. The molecule has 0 unspecified atom stereocenters. The van der Waals surface area contributed by atoms with Gasteiger partial charge in [0.15, 0.2) is 11.5 Å². The predicted octanol–water partition coefficient (Wildman–Crippen LogP) is 7.11. The molecule has 1 N–H and O–H groups in total. The molecule has 134 valence electrons. The number of aromatic hydroxyl groups is 1. The van der Waals surface area contributed by atoms with Crippen molar-refractivity contribution in [3.8, 4) is 11.5 Å². The monoisotopic (exact) mass is 322 g/mol. The Morgan fingerprint density at radius 2 is 1.09 bits per heavy atom. The summed E-state index contributed by atoms with van der Waals surface area (Å²) >= 11 is 0. The van der Waals surface area contributed by atoms with Crippen LogP contribution in [0.25, 0.3) is 0 Å². The molecule has 2 nitrogen and oxygen atoms in total. The molecule has 0 atom stereocenters. The summed E-state index contributed by atoms with van der Waals surface area (Å²) in [5.41, 5.74) is 0. The molecule has 0 spiro atoms. The van der Waals surface area contributed by atoms with Crippen molar-refractivity contribution in [2.45, 2.75) is 90.9 Å². The Bertz CT molecular complexity index is 337. The van der Waals surface area contributed by atoms with Gasteiger partial charge in [-0.3, -0.25) is 0 Å². The minimum Gasteiger partial charge on any atom is -0.504 e. The Labute approximate surface area is 144 Å². The van der Waals surface area contributed by atoms with Crippen molar-refractivity contribution in [1.82, 2.24) is 0 Å². The largest absolute Gasteiger partial charge is 0.504 e. The molecule has 0 heterocycles. The Morgan fingerprint density at radius 1 is 0.696 bits per heavy atom. The van der Waals surface area contributed by atoms with E-state index in [4.69, 9.17) is 9.84 Å². The number of benzene rings is 1. The molecule has 0 aliphatic rings. The molecule has 0 amide bonds. The van der Waals surface area contributed by atoms with E-state index in [1.807, 2.05) is 0 Å². The zero-order valence-corrected chi connectivity index (χ0v) is 15.7. The van der Waals surface area contributed by atoms with Gasteiger partial charge in [-0.25, -0.2) is 0 Å². The van der Waals surface area contributed by atoms with Crippen molar-refractivity contribution in [3.05, 3.63) is 24.3 Å². The summed E-state index contributed by atoms with van der Waals surface area (Å²) in [6.45, 7) is 4.57. The smallest absolute Gasteiger partial charge is 0.160 e. The van der Waals surface area contributed by atoms with Crippen LogP contribution in [0.1, 0.15) is 90.9 Å². The van der Waals surface area contributed by atoms with Crippen LogP contribution in [0.2, 0.25) is 0 Å². The summed E-state index contributed by atoms with van der Waals surface area (Å²) < 4.78 is 4.79. The maximum absolute atomic E-state index is 8.99. The average Bonchev–Trinajstić information content (AvgIpc) is 2.58. The maximum atomic E-state index is 8.99. The van der Waals surface area contributed by atoms with Gasteiger partial charge in [-0.05, 0) is 12.1 Å². The van der Waals surface area contributed by atoms with Crippen LogP contribution in [-0.4, -0.2) is 12.2 Å². The number of rotatable bonds is 12. The van der Waals surface area contributed by atoms with Crippen molar-refractivity contribution in [3.63, 3.8) is 0 Å². The van der Waals surface area contributed by atoms with Gasteiger partial charge in [-0.2, -0.15) is 0 Å². The van der Waals surface area contributed by atoms with Gasteiger partial charge in [0.2, 0.25) is 0 Å². The lowest BCUT2D eigenvalue weighted by atomic mass is 10.1. The van der Waals surface area contributed by atoms with Crippen LogP contribution < -0.4 is 4.74 Å². The molecule has 23 heavy (non-hydrogen) atoms. The van der Waals surface area contributed by atoms with E-state index in [1.54, 1.807) is 24.3 Å². The number of ether oxygens (including phenoxy) is 1. The summed E-state index contributed by atoms with van der Waals surface area (Å²) in [6, 6.07) is 6.84. The topological polar surface area (TPSA) is 29.5 Å². The fourth-order valence-corrected chi connectivity index (χ4v) is 2.54. The molecule has 0 fully saturated rings. The van der Waals surface area contributed by atoms with Gasteiger partial charge in [0.25, 0.3) is 0 Å². The quantitative estimate of drug-likeness (QED) is 0.415. The molecule has 0 aromatic heterocycles. The highest BCUT2D eigenvalue weighted by Gasteiger charge is 1.94. The van der Waals surface area contributed by atoms with E-state index in [0.29, 0.717) is 5.75 Å². The fraction of sp³-hybridized carbons (Fsp3) is 0.714. The molecule has 0 saturated carbocycles. The van der Waals surface area contributed by atoms with Gasteiger partial charge in [-0.15, -0.1) is 0 Å². The summed E-state index contributed by atoms with van der Waals surface area (Å²) in [4.78, 5) is 0. The highest BCUT2D eigenvalue weighted by molar-refractivity contribution is 5.37. The molecule has 0 aliphatic heterocycles. The predicted molar refractivity (Wildman–Crippen MR) is 101 cm³/mol. The lowest BCUT2D eigenvalue weighted by molar-refractivity contribution is 0.373. The highest BCUT2D eigenvalue weighted by atomic mass is 16.5. The molecule has 0 radical (unpaired) electrons. The Kier molecular flexibility index (Phi) is 16.3. The van der Waals surface area contributed by atoms with Crippen LogP contribution >= 0.6 is 0 Å². The van der Waals surface area contributed by atoms with E-state index in [-0.39, 0.29) is 5.75 Å². The molecule has 1 aromatic carbocycles. The summed E-state index contributed by atoms with van der Waals surface area (Å²) in [5.74, 6) is 0.692. The summed E-state index contributed by atoms with van der Waals surface area (Å²) in [5, 5.41) is 8.99. The van der Waals surface area contributed by atoms with Crippen molar-refractivity contribution >= 4 is 0 Å². The lowest BCUT2D eigenvalue weighted by Crippen LogP contribution is -1.81. The second kappa shape index (κ2) is 17.2. The summed E-state index contributed by atoms with van der Waals surface area (Å²) in [7, 11) is 1.52. The first-order chi connectivity index (χ1) is 11.3. The third-order valence-electron chi connectivity index (χ3n) is 4.04. The van der Waals surface area contributed by atoms with Crippen molar-refractivity contribution in [2.75, 3.05) is 7.11 Å². The first kappa shape index (κ1) is 21.8. The highest BCUT2D eigenvalue weighted by Crippen LogP contribution is 2.23. The molecular weight excluding hydrogens is 284 g/mol. The fourth-order valence-electron chi connectivity index (χ4n) is 2.54. The molecule has 0 saturated heterocycles. The maximum Gasteiger partial charge on any atom is 0.160 e. The second-order valence-electron chi connectivity index (χ2n) is 6.21. The first-order valence-electron chi connectivity index (χ1n) is 9.58. The van der Waals surface area contributed by atoms with Gasteiger partial charge in [0.05, 0.1) is 7.11 Å². The second-order valence-corrected chi connectivity index (χ2v) is 6.21. The van der Waals surface area contributed by atoms with E-state index in [1.165, 1.54) is 84.2 Å². The number of para-hydroxylation sites is 2. The van der Waals surface area contributed by atoms with E-state index in [9.17, 15) is 0 Å². The minimum atomic E-state index is 0.181. The molecule has 1 aromatic rings. The zero-order valence-electron chi connectivity index (χ0n) is 15.7. The van der Waals surface area contributed by atoms with E-state index >= 15 is 0 Å². The van der Waals surface area contributed by atoms with E-state index in [2.05, 4.69) is 13.8 Å². The van der Waals surface area contributed by atoms with Crippen LogP contribution in [0.15, 0.2) is 24.3 Å². The Morgan fingerprint density at radius 3 is 1.39 bits per heavy atom. The van der Waals surface area contributed by atoms with Crippen LogP contribution in [0, 0.1) is 0 Å². The number of methoxy groups -OCH3 is 1. The van der Waals surface area contributed by atoms with Gasteiger partial charge in [0.1, 0.15) is 0 Å². The van der Waals surface area contributed by atoms with Crippen LogP contribution in [0.4, 0.5) is 0 Å². The summed E-state index contributed by atoms with van der Waals surface area (Å²) in [6.07, 6.45) is 17.4. The average molecular weight is 323 g/mol. The van der Waals surface area contributed by atoms with Gasteiger partial charge in [0, 0.05) is 0 Å². The molecular formula is C21H38O2. The van der Waals surface area contributed by atoms with Crippen LogP contribution in [0.5, 0.6) is 11.5 Å². The number of hydrogen-bond acceptors (Lipinski definition) is 2. The standard InChI is InChI=1S/C14H30.C7H8O2/c1-3-5-7-9-11-13-14-12-10-8-6-4-2;1-9-7-5-3-2-4-6(7)8/h3-14H2,1-2H3;2-5,8H,1H3. The SMILES string of the molecule is CCCCCCCCCCCCCC.COc1ccccc1O. The van der Waals surface area contributed by atoms with E-state index < -0.39 is 0 Å². The molecule has 0 bridgehead atoms.